The number of aryl methyl sites for hydroxylation is 1. The minimum atomic E-state index is -0.0233. The summed E-state index contributed by atoms with van der Waals surface area (Å²) in [6, 6.07) is 23.2. The first-order valence-corrected chi connectivity index (χ1v) is 13.2. The van der Waals surface area contributed by atoms with Gasteiger partial charge in [-0.05, 0) is 86.3 Å². The maximum atomic E-state index is 12.1. The summed E-state index contributed by atoms with van der Waals surface area (Å²) in [6.45, 7) is 8.98. The SMILES string of the molecule is Cc1ccc(-n2cc(CN3CCC(c4cccc(NC(=O)C(C)C)c4)CC3)c3ccc(Cl)cc32)cc1. The number of likely N-dealkylation sites (tertiary alicyclic amines) is 1. The Morgan fingerprint density at radius 2 is 1.78 bits per heavy atom. The molecule has 4 nitrogen and oxygen atoms in total. The Balaban J connectivity index is 1.30. The smallest absolute Gasteiger partial charge is 0.226 e. The fraction of sp³-hybridized carbons (Fsp3) is 0.323. The van der Waals surface area contributed by atoms with Crippen LogP contribution in [0, 0.1) is 12.8 Å². The number of halogens is 1. The summed E-state index contributed by atoms with van der Waals surface area (Å²) >= 11 is 6.39. The summed E-state index contributed by atoms with van der Waals surface area (Å²) in [4.78, 5) is 14.7. The molecule has 1 aromatic heterocycles. The van der Waals surface area contributed by atoms with Crippen LogP contribution in [-0.4, -0.2) is 28.5 Å². The Kier molecular flexibility index (Phi) is 7.17. The second-order valence-corrected chi connectivity index (χ2v) is 10.8. The Bertz CT molecular complexity index is 1360. The number of aromatic nitrogens is 1. The summed E-state index contributed by atoms with van der Waals surface area (Å²) in [6.07, 6.45) is 4.51. The summed E-state index contributed by atoms with van der Waals surface area (Å²) in [5, 5.41) is 5.06. The second kappa shape index (κ2) is 10.5. The lowest BCUT2D eigenvalue weighted by atomic mass is 9.89. The largest absolute Gasteiger partial charge is 0.326 e. The molecule has 1 N–H and O–H groups in total. The van der Waals surface area contributed by atoms with Crippen LogP contribution in [0.3, 0.4) is 0 Å². The summed E-state index contributed by atoms with van der Waals surface area (Å²) in [5.74, 6) is 0.558. The number of fused-ring (bicyclic) bond motifs is 1. The van der Waals surface area contributed by atoms with E-state index in [2.05, 4.69) is 82.5 Å². The summed E-state index contributed by atoms with van der Waals surface area (Å²) in [5.41, 5.74) is 7.11. The van der Waals surface area contributed by atoms with Gasteiger partial charge in [-0.15, -0.1) is 0 Å². The molecule has 5 rings (SSSR count). The lowest BCUT2D eigenvalue weighted by molar-refractivity contribution is -0.118. The highest BCUT2D eigenvalue weighted by Crippen LogP contribution is 2.33. The Hall–Kier alpha value is -3.08. The quantitative estimate of drug-likeness (QED) is 0.297. The summed E-state index contributed by atoms with van der Waals surface area (Å²) in [7, 11) is 0. The van der Waals surface area contributed by atoms with Gasteiger partial charge in [-0.2, -0.15) is 0 Å². The van der Waals surface area contributed by atoms with Crippen LogP contribution in [0.2, 0.25) is 5.02 Å². The third-order valence-corrected chi connectivity index (χ3v) is 7.53. The molecule has 36 heavy (non-hydrogen) atoms. The van der Waals surface area contributed by atoms with Crippen LogP contribution in [0.1, 0.15) is 49.3 Å². The van der Waals surface area contributed by atoms with E-state index in [1.165, 1.54) is 22.1 Å². The van der Waals surface area contributed by atoms with E-state index in [9.17, 15) is 4.79 Å². The van der Waals surface area contributed by atoms with Crippen molar-refractivity contribution in [1.29, 1.82) is 0 Å². The highest BCUT2D eigenvalue weighted by Gasteiger charge is 2.22. The molecule has 0 atom stereocenters. The molecule has 5 heteroatoms. The van der Waals surface area contributed by atoms with Crippen molar-refractivity contribution in [2.24, 2.45) is 5.92 Å². The molecule has 0 saturated carbocycles. The van der Waals surface area contributed by atoms with Gasteiger partial charge in [-0.1, -0.05) is 61.3 Å². The van der Waals surface area contributed by atoms with Gasteiger partial charge in [0.2, 0.25) is 5.91 Å². The average Bonchev–Trinajstić information content (AvgIpc) is 3.22. The minimum absolute atomic E-state index is 0.0233. The predicted octanol–water partition coefficient (Wildman–Crippen LogP) is 7.57. The van der Waals surface area contributed by atoms with Crippen LogP contribution in [0.15, 0.2) is 72.9 Å². The maximum Gasteiger partial charge on any atom is 0.226 e. The standard InChI is InChI=1S/C31H34ClN3O/c1-21(2)31(36)33-27-6-4-5-24(17-27)23-13-15-34(16-14-23)19-25-20-35(28-10-7-22(3)8-11-28)30-18-26(32)9-12-29(25)30/h4-12,17-18,20-21,23H,13-16,19H2,1-3H3,(H,33,36). The number of amides is 1. The zero-order valence-corrected chi connectivity index (χ0v) is 22.1. The van der Waals surface area contributed by atoms with E-state index in [-0.39, 0.29) is 11.8 Å². The van der Waals surface area contributed by atoms with Crippen LogP contribution in [-0.2, 0) is 11.3 Å². The molecule has 2 heterocycles. The highest BCUT2D eigenvalue weighted by atomic mass is 35.5. The molecule has 1 amide bonds. The lowest BCUT2D eigenvalue weighted by Gasteiger charge is -2.32. The van der Waals surface area contributed by atoms with Gasteiger partial charge in [-0.25, -0.2) is 0 Å². The van der Waals surface area contributed by atoms with E-state index in [1.807, 2.05) is 26.0 Å². The van der Waals surface area contributed by atoms with Gasteiger partial charge in [0.25, 0.3) is 0 Å². The molecule has 0 bridgehead atoms. The molecule has 1 fully saturated rings. The van der Waals surface area contributed by atoms with Gasteiger partial charge in [0, 0.05) is 40.4 Å². The number of hydrogen-bond acceptors (Lipinski definition) is 2. The van der Waals surface area contributed by atoms with E-state index < -0.39 is 0 Å². The van der Waals surface area contributed by atoms with Gasteiger partial charge in [0.05, 0.1) is 5.52 Å². The minimum Gasteiger partial charge on any atom is -0.326 e. The van der Waals surface area contributed by atoms with E-state index in [4.69, 9.17) is 11.6 Å². The summed E-state index contributed by atoms with van der Waals surface area (Å²) < 4.78 is 2.26. The van der Waals surface area contributed by atoms with Crippen molar-refractivity contribution < 1.29 is 4.79 Å². The van der Waals surface area contributed by atoms with Gasteiger partial charge in [-0.3, -0.25) is 9.69 Å². The zero-order chi connectivity index (χ0) is 25.2. The third kappa shape index (κ3) is 5.35. The first-order valence-electron chi connectivity index (χ1n) is 12.9. The van der Waals surface area contributed by atoms with E-state index in [0.717, 1.165) is 54.4 Å². The molecule has 3 aromatic carbocycles. The zero-order valence-electron chi connectivity index (χ0n) is 21.3. The van der Waals surface area contributed by atoms with E-state index in [1.54, 1.807) is 0 Å². The molecule has 186 valence electrons. The van der Waals surface area contributed by atoms with Crippen molar-refractivity contribution in [2.45, 2.75) is 46.1 Å². The normalized spacial score (nSPS) is 15.0. The third-order valence-electron chi connectivity index (χ3n) is 7.29. The molecular formula is C31H34ClN3O. The van der Waals surface area contributed by atoms with E-state index >= 15 is 0 Å². The van der Waals surface area contributed by atoms with Crippen molar-refractivity contribution in [2.75, 3.05) is 18.4 Å². The van der Waals surface area contributed by atoms with Crippen LogP contribution in [0.25, 0.3) is 16.6 Å². The molecule has 0 spiro atoms. The molecule has 4 aromatic rings. The Morgan fingerprint density at radius 3 is 2.50 bits per heavy atom. The Morgan fingerprint density at radius 1 is 1.03 bits per heavy atom. The first kappa shape index (κ1) is 24.6. The first-order chi connectivity index (χ1) is 17.4. The molecule has 0 aliphatic carbocycles. The van der Waals surface area contributed by atoms with Crippen molar-refractivity contribution >= 4 is 34.1 Å². The van der Waals surface area contributed by atoms with Gasteiger partial charge >= 0.3 is 0 Å². The molecule has 0 radical (unpaired) electrons. The number of hydrogen-bond donors (Lipinski definition) is 1. The van der Waals surface area contributed by atoms with Crippen LogP contribution >= 0.6 is 11.6 Å². The van der Waals surface area contributed by atoms with Crippen molar-refractivity contribution in [3.63, 3.8) is 0 Å². The van der Waals surface area contributed by atoms with Crippen LogP contribution in [0.5, 0.6) is 0 Å². The van der Waals surface area contributed by atoms with Gasteiger partial charge in [0.1, 0.15) is 0 Å². The van der Waals surface area contributed by atoms with Crippen LogP contribution < -0.4 is 5.32 Å². The fourth-order valence-electron chi connectivity index (χ4n) is 5.14. The van der Waals surface area contributed by atoms with Crippen molar-refractivity contribution in [1.82, 2.24) is 9.47 Å². The number of anilines is 1. The monoisotopic (exact) mass is 499 g/mol. The number of carbonyl (C=O) groups is 1. The Labute approximate surface area is 218 Å². The fourth-order valence-corrected chi connectivity index (χ4v) is 5.30. The van der Waals surface area contributed by atoms with Gasteiger partial charge < -0.3 is 9.88 Å². The molecular weight excluding hydrogens is 466 g/mol. The average molecular weight is 500 g/mol. The van der Waals surface area contributed by atoms with Crippen molar-refractivity contribution in [3.05, 3.63) is 94.6 Å². The van der Waals surface area contributed by atoms with E-state index in [0.29, 0.717) is 5.92 Å². The van der Waals surface area contributed by atoms with Gasteiger partial charge in [0.15, 0.2) is 0 Å². The number of carbonyl (C=O) groups excluding carboxylic acids is 1. The molecule has 1 aliphatic heterocycles. The number of piperidine rings is 1. The topological polar surface area (TPSA) is 37.3 Å². The number of rotatable bonds is 6. The molecule has 1 saturated heterocycles. The molecule has 1 aliphatic rings. The second-order valence-electron chi connectivity index (χ2n) is 10.3. The molecule has 0 unspecified atom stereocenters. The number of benzene rings is 3. The predicted molar refractivity (Wildman–Crippen MR) is 150 cm³/mol. The highest BCUT2D eigenvalue weighted by molar-refractivity contribution is 6.31. The lowest BCUT2D eigenvalue weighted by Crippen LogP contribution is -2.32. The van der Waals surface area contributed by atoms with Crippen molar-refractivity contribution in [3.8, 4) is 5.69 Å². The number of nitrogens with one attached hydrogen (secondary N) is 1. The number of nitrogens with zero attached hydrogens (tertiary/aromatic N) is 2. The van der Waals surface area contributed by atoms with Crippen LogP contribution in [0.4, 0.5) is 5.69 Å². The maximum absolute atomic E-state index is 12.1.